The third-order valence-corrected chi connectivity index (χ3v) is 3.11. The molecule has 0 bridgehead atoms. The number of methoxy groups -OCH3 is 1. The molecule has 1 aromatic carbocycles. The summed E-state index contributed by atoms with van der Waals surface area (Å²) in [6.07, 6.45) is 0. The predicted octanol–water partition coefficient (Wildman–Crippen LogP) is 2.00. The van der Waals surface area contributed by atoms with Gasteiger partial charge in [-0.15, -0.1) is 0 Å². The van der Waals surface area contributed by atoms with Crippen LogP contribution in [0, 0.1) is 0 Å². The average Bonchev–Trinajstić information content (AvgIpc) is 2.40. The van der Waals surface area contributed by atoms with Gasteiger partial charge in [0.1, 0.15) is 5.75 Å². The van der Waals surface area contributed by atoms with Gasteiger partial charge >= 0.3 is 0 Å². The number of amides is 1. The second-order valence-electron chi connectivity index (χ2n) is 4.59. The SMILES string of the molecule is CCN(CC)C(=O)CN(C)Cc1cccc(OC)c1. The van der Waals surface area contributed by atoms with Gasteiger partial charge in [-0.1, -0.05) is 12.1 Å². The molecule has 0 aliphatic heterocycles. The maximum atomic E-state index is 12.0. The van der Waals surface area contributed by atoms with Crippen LogP contribution < -0.4 is 4.74 Å². The minimum absolute atomic E-state index is 0.176. The van der Waals surface area contributed by atoms with Gasteiger partial charge < -0.3 is 9.64 Å². The second kappa shape index (κ2) is 7.79. The van der Waals surface area contributed by atoms with Crippen molar-refractivity contribution in [1.82, 2.24) is 9.80 Å². The van der Waals surface area contributed by atoms with Crippen molar-refractivity contribution in [2.45, 2.75) is 20.4 Å². The normalized spacial score (nSPS) is 10.6. The monoisotopic (exact) mass is 264 g/mol. The summed E-state index contributed by atoms with van der Waals surface area (Å²) in [5.41, 5.74) is 1.15. The number of ether oxygens (including phenoxy) is 1. The van der Waals surface area contributed by atoms with E-state index < -0.39 is 0 Å². The number of likely N-dealkylation sites (N-methyl/N-ethyl adjacent to an activating group) is 2. The summed E-state index contributed by atoms with van der Waals surface area (Å²) in [5.74, 6) is 1.02. The molecule has 0 heterocycles. The highest BCUT2D eigenvalue weighted by atomic mass is 16.5. The zero-order valence-corrected chi connectivity index (χ0v) is 12.3. The maximum Gasteiger partial charge on any atom is 0.236 e. The average molecular weight is 264 g/mol. The van der Waals surface area contributed by atoms with E-state index in [9.17, 15) is 4.79 Å². The molecule has 0 saturated heterocycles. The van der Waals surface area contributed by atoms with Crippen LogP contribution in [0.1, 0.15) is 19.4 Å². The van der Waals surface area contributed by atoms with Crippen LogP contribution in [0.2, 0.25) is 0 Å². The van der Waals surface area contributed by atoms with Crippen molar-refractivity contribution in [1.29, 1.82) is 0 Å². The molecule has 4 nitrogen and oxygen atoms in total. The Morgan fingerprint density at radius 3 is 2.53 bits per heavy atom. The Bertz CT molecular complexity index is 403. The Morgan fingerprint density at radius 2 is 1.95 bits per heavy atom. The molecule has 1 aromatic rings. The molecule has 0 spiro atoms. The summed E-state index contributed by atoms with van der Waals surface area (Å²) in [6.45, 7) is 6.72. The first-order valence-electron chi connectivity index (χ1n) is 6.69. The zero-order valence-electron chi connectivity index (χ0n) is 12.3. The highest BCUT2D eigenvalue weighted by molar-refractivity contribution is 5.78. The van der Waals surface area contributed by atoms with Crippen molar-refractivity contribution in [3.05, 3.63) is 29.8 Å². The fraction of sp³-hybridized carbons (Fsp3) is 0.533. The van der Waals surface area contributed by atoms with Gasteiger partial charge in [0.25, 0.3) is 0 Å². The topological polar surface area (TPSA) is 32.8 Å². The van der Waals surface area contributed by atoms with Gasteiger partial charge in [0.05, 0.1) is 13.7 Å². The number of hydrogen-bond donors (Lipinski definition) is 0. The van der Waals surface area contributed by atoms with E-state index in [1.165, 1.54) is 0 Å². The Morgan fingerprint density at radius 1 is 1.26 bits per heavy atom. The van der Waals surface area contributed by atoms with Gasteiger partial charge in [-0.2, -0.15) is 0 Å². The number of carbonyl (C=O) groups excluding carboxylic acids is 1. The lowest BCUT2D eigenvalue weighted by Gasteiger charge is -2.23. The van der Waals surface area contributed by atoms with E-state index in [0.717, 1.165) is 30.9 Å². The van der Waals surface area contributed by atoms with E-state index in [4.69, 9.17) is 4.74 Å². The molecular weight excluding hydrogens is 240 g/mol. The lowest BCUT2D eigenvalue weighted by molar-refractivity contribution is -0.131. The van der Waals surface area contributed by atoms with Crippen LogP contribution >= 0.6 is 0 Å². The van der Waals surface area contributed by atoms with Gasteiger partial charge in [-0.25, -0.2) is 0 Å². The minimum Gasteiger partial charge on any atom is -0.497 e. The molecule has 0 unspecified atom stereocenters. The van der Waals surface area contributed by atoms with Crippen molar-refractivity contribution < 1.29 is 9.53 Å². The van der Waals surface area contributed by atoms with Crippen molar-refractivity contribution >= 4 is 5.91 Å². The molecule has 4 heteroatoms. The van der Waals surface area contributed by atoms with Crippen LogP contribution in [0.3, 0.4) is 0 Å². The molecule has 0 atom stereocenters. The van der Waals surface area contributed by atoms with E-state index in [0.29, 0.717) is 6.54 Å². The van der Waals surface area contributed by atoms with E-state index in [2.05, 4.69) is 0 Å². The Balaban J connectivity index is 2.54. The summed E-state index contributed by atoms with van der Waals surface area (Å²) >= 11 is 0. The van der Waals surface area contributed by atoms with E-state index in [1.807, 2.05) is 55.0 Å². The second-order valence-corrected chi connectivity index (χ2v) is 4.59. The van der Waals surface area contributed by atoms with Crippen LogP contribution in [-0.2, 0) is 11.3 Å². The van der Waals surface area contributed by atoms with Gasteiger partial charge in [-0.3, -0.25) is 9.69 Å². The van der Waals surface area contributed by atoms with Crippen LogP contribution in [0.25, 0.3) is 0 Å². The smallest absolute Gasteiger partial charge is 0.236 e. The number of hydrogen-bond acceptors (Lipinski definition) is 3. The fourth-order valence-corrected chi connectivity index (χ4v) is 2.05. The molecule has 0 aromatic heterocycles. The maximum absolute atomic E-state index is 12.0. The van der Waals surface area contributed by atoms with Crippen molar-refractivity contribution in [2.75, 3.05) is 33.8 Å². The molecule has 0 radical (unpaired) electrons. The molecular formula is C15H24N2O2. The molecule has 1 rings (SSSR count). The van der Waals surface area contributed by atoms with Crippen molar-refractivity contribution in [2.24, 2.45) is 0 Å². The number of rotatable bonds is 7. The summed E-state index contributed by atoms with van der Waals surface area (Å²) in [7, 11) is 3.62. The first-order chi connectivity index (χ1) is 9.10. The first-order valence-corrected chi connectivity index (χ1v) is 6.69. The lowest BCUT2D eigenvalue weighted by atomic mass is 10.2. The molecule has 0 aliphatic rings. The van der Waals surface area contributed by atoms with Crippen LogP contribution in [0.4, 0.5) is 0 Å². The molecule has 19 heavy (non-hydrogen) atoms. The number of benzene rings is 1. The van der Waals surface area contributed by atoms with Crippen LogP contribution in [0.5, 0.6) is 5.75 Å². The first kappa shape index (κ1) is 15.5. The third kappa shape index (κ3) is 4.91. The Kier molecular flexibility index (Phi) is 6.36. The molecule has 0 aliphatic carbocycles. The van der Waals surface area contributed by atoms with Crippen molar-refractivity contribution in [3.63, 3.8) is 0 Å². The predicted molar refractivity (Wildman–Crippen MR) is 77.3 cm³/mol. The third-order valence-electron chi connectivity index (χ3n) is 3.11. The highest BCUT2D eigenvalue weighted by Crippen LogP contribution is 2.13. The molecule has 1 amide bonds. The number of nitrogens with zero attached hydrogens (tertiary/aromatic N) is 2. The molecule has 0 saturated carbocycles. The van der Waals surface area contributed by atoms with Crippen molar-refractivity contribution in [3.8, 4) is 5.75 Å². The Hall–Kier alpha value is -1.55. The fourth-order valence-electron chi connectivity index (χ4n) is 2.05. The van der Waals surface area contributed by atoms with Gasteiger partial charge in [0.15, 0.2) is 0 Å². The zero-order chi connectivity index (χ0) is 14.3. The van der Waals surface area contributed by atoms with E-state index >= 15 is 0 Å². The summed E-state index contributed by atoms with van der Waals surface area (Å²) in [5, 5.41) is 0. The van der Waals surface area contributed by atoms with Crippen LogP contribution in [0.15, 0.2) is 24.3 Å². The quantitative estimate of drug-likeness (QED) is 0.755. The van der Waals surface area contributed by atoms with Crippen LogP contribution in [-0.4, -0.2) is 49.5 Å². The van der Waals surface area contributed by atoms with E-state index in [1.54, 1.807) is 7.11 Å². The van der Waals surface area contributed by atoms with Gasteiger partial charge in [0.2, 0.25) is 5.91 Å². The summed E-state index contributed by atoms with van der Waals surface area (Å²) in [6, 6.07) is 7.93. The molecule has 0 N–H and O–H groups in total. The van der Waals surface area contributed by atoms with Gasteiger partial charge in [-0.05, 0) is 38.6 Å². The largest absolute Gasteiger partial charge is 0.497 e. The Labute approximate surface area is 116 Å². The highest BCUT2D eigenvalue weighted by Gasteiger charge is 2.12. The van der Waals surface area contributed by atoms with Gasteiger partial charge in [0, 0.05) is 19.6 Å². The standard InChI is InChI=1S/C15H24N2O2/c1-5-17(6-2)15(18)12-16(3)11-13-8-7-9-14(10-13)19-4/h7-10H,5-6,11-12H2,1-4H3. The minimum atomic E-state index is 0.176. The molecule has 0 fully saturated rings. The summed E-state index contributed by atoms with van der Waals surface area (Å²) in [4.78, 5) is 15.9. The summed E-state index contributed by atoms with van der Waals surface area (Å²) < 4.78 is 5.20. The lowest BCUT2D eigenvalue weighted by Crippen LogP contribution is -2.38. The van der Waals surface area contributed by atoms with E-state index in [-0.39, 0.29) is 5.91 Å². The molecule has 106 valence electrons. The number of carbonyl (C=O) groups is 1.